The first-order valence-corrected chi connectivity index (χ1v) is 6.24. The highest BCUT2D eigenvalue weighted by atomic mass is 14.9. The van der Waals surface area contributed by atoms with Crippen LogP contribution < -0.4 is 5.32 Å². The van der Waals surface area contributed by atoms with Crippen LogP contribution in [0.4, 0.5) is 0 Å². The van der Waals surface area contributed by atoms with Crippen molar-refractivity contribution < 1.29 is 0 Å². The van der Waals surface area contributed by atoms with Crippen LogP contribution in [-0.2, 0) is 10.8 Å². The lowest BCUT2D eigenvalue weighted by Gasteiger charge is -2.25. The lowest BCUT2D eigenvalue weighted by atomic mass is 9.79. The van der Waals surface area contributed by atoms with Crippen LogP contribution in [0.1, 0.15) is 45.2 Å². The molecular formula is C15H23N. The summed E-state index contributed by atoms with van der Waals surface area (Å²) in [6.45, 7) is 11.4. The Kier molecular flexibility index (Phi) is 2.83. The molecule has 0 radical (unpaired) electrons. The van der Waals surface area contributed by atoms with Crippen molar-refractivity contribution >= 4 is 0 Å². The highest BCUT2D eigenvalue weighted by Gasteiger charge is 2.30. The number of rotatable bonds is 1. The van der Waals surface area contributed by atoms with Gasteiger partial charge in [-0.15, -0.1) is 0 Å². The van der Waals surface area contributed by atoms with Gasteiger partial charge in [-0.25, -0.2) is 0 Å². The van der Waals surface area contributed by atoms with Crippen molar-refractivity contribution in [1.82, 2.24) is 5.32 Å². The van der Waals surface area contributed by atoms with Crippen LogP contribution in [0.2, 0.25) is 0 Å². The van der Waals surface area contributed by atoms with Crippen molar-refractivity contribution in [3.8, 4) is 0 Å². The molecule has 0 aromatic heterocycles. The van der Waals surface area contributed by atoms with Gasteiger partial charge in [0.05, 0.1) is 0 Å². The molecule has 0 spiro atoms. The molecule has 1 aliphatic heterocycles. The third-order valence-electron chi connectivity index (χ3n) is 3.82. The van der Waals surface area contributed by atoms with E-state index in [2.05, 4.69) is 57.3 Å². The van der Waals surface area contributed by atoms with E-state index in [0.717, 1.165) is 13.1 Å². The van der Waals surface area contributed by atoms with Crippen LogP contribution in [0.5, 0.6) is 0 Å². The minimum Gasteiger partial charge on any atom is -0.316 e. The molecular weight excluding hydrogens is 194 g/mol. The van der Waals surface area contributed by atoms with E-state index in [1.807, 2.05) is 0 Å². The molecule has 2 rings (SSSR count). The molecule has 1 unspecified atom stereocenters. The van der Waals surface area contributed by atoms with Gasteiger partial charge in [0.15, 0.2) is 0 Å². The maximum atomic E-state index is 3.46. The second kappa shape index (κ2) is 3.89. The van der Waals surface area contributed by atoms with Crippen molar-refractivity contribution in [2.75, 3.05) is 13.1 Å². The molecule has 0 amide bonds. The molecule has 1 heterocycles. The summed E-state index contributed by atoms with van der Waals surface area (Å²) >= 11 is 0. The van der Waals surface area contributed by atoms with Crippen LogP contribution in [0.3, 0.4) is 0 Å². The summed E-state index contributed by atoms with van der Waals surface area (Å²) in [5.74, 6) is 0. The summed E-state index contributed by atoms with van der Waals surface area (Å²) in [5.41, 5.74) is 3.50. The molecule has 16 heavy (non-hydrogen) atoms. The Bertz CT molecular complexity index is 350. The summed E-state index contributed by atoms with van der Waals surface area (Å²) in [7, 11) is 0. The molecule has 0 saturated carbocycles. The predicted octanol–water partition coefficient (Wildman–Crippen LogP) is 3.24. The van der Waals surface area contributed by atoms with Gasteiger partial charge in [-0.05, 0) is 29.5 Å². The van der Waals surface area contributed by atoms with E-state index < -0.39 is 0 Å². The first kappa shape index (κ1) is 11.7. The first-order valence-electron chi connectivity index (χ1n) is 6.24. The van der Waals surface area contributed by atoms with Crippen molar-refractivity contribution in [1.29, 1.82) is 0 Å². The number of hydrogen-bond donors (Lipinski definition) is 1. The Labute approximate surface area is 99.3 Å². The predicted molar refractivity (Wildman–Crippen MR) is 70.0 cm³/mol. The zero-order valence-corrected chi connectivity index (χ0v) is 10.9. The summed E-state index contributed by atoms with van der Waals surface area (Å²) in [6, 6.07) is 9.21. The van der Waals surface area contributed by atoms with Gasteiger partial charge in [0.1, 0.15) is 0 Å². The number of nitrogens with one attached hydrogen (secondary N) is 1. The smallest absolute Gasteiger partial charge is 0.00615 e. The Balaban J connectivity index is 2.26. The van der Waals surface area contributed by atoms with Crippen LogP contribution in [0.15, 0.2) is 24.3 Å². The van der Waals surface area contributed by atoms with Gasteiger partial charge < -0.3 is 5.32 Å². The van der Waals surface area contributed by atoms with E-state index in [1.165, 1.54) is 17.5 Å². The van der Waals surface area contributed by atoms with Gasteiger partial charge in [-0.1, -0.05) is 52.0 Å². The van der Waals surface area contributed by atoms with Gasteiger partial charge in [0.2, 0.25) is 0 Å². The zero-order chi connectivity index (χ0) is 11.8. The van der Waals surface area contributed by atoms with E-state index >= 15 is 0 Å². The molecule has 0 aliphatic carbocycles. The van der Waals surface area contributed by atoms with Crippen LogP contribution >= 0.6 is 0 Å². The fourth-order valence-electron chi connectivity index (χ4n) is 2.44. The summed E-state index contributed by atoms with van der Waals surface area (Å²) in [4.78, 5) is 0. The quantitative estimate of drug-likeness (QED) is 0.761. The molecule has 0 bridgehead atoms. The van der Waals surface area contributed by atoms with Crippen LogP contribution in [-0.4, -0.2) is 13.1 Å². The van der Waals surface area contributed by atoms with Gasteiger partial charge in [-0.2, -0.15) is 0 Å². The third-order valence-corrected chi connectivity index (χ3v) is 3.82. The number of benzene rings is 1. The van der Waals surface area contributed by atoms with Crippen molar-refractivity contribution in [3.63, 3.8) is 0 Å². The second-order valence-corrected chi connectivity index (χ2v) is 6.31. The van der Waals surface area contributed by atoms with Crippen molar-refractivity contribution in [3.05, 3.63) is 35.4 Å². The van der Waals surface area contributed by atoms with Crippen LogP contribution in [0.25, 0.3) is 0 Å². The molecule has 1 saturated heterocycles. The summed E-state index contributed by atoms with van der Waals surface area (Å²) < 4.78 is 0. The SMILES string of the molecule is CC(C)(C)c1ccc(C2(C)CCNC2)cc1. The normalized spacial score (nSPS) is 26.0. The molecule has 1 aromatic carbocycles. The van der Waals surface area contributed by atoms with Gasteiger partial charge in [0.25, 0.3) is 0 Å². The molecule has 1 nitrogen and oxygen atoms in total. The van der Waals surface area contributed by atoms with E-state index in [-0.39, 0.29) is 5.41 Å². The zero-order valence-electron chi connectivity index (χ0n) is 10.9. The lowest BCUT2D eigenvalue weighted by molar-refractivity contribution is 0.523. The standard InChI is InChI=1S/C15H23N/c1-14(2,3)12-5-7-13(8-6-12)15(4)9-10-16-11-15/h5-8,16H,9-11H2,1-4H3. The molecule has 1 atom stereocenters. The average Bonchev–Trinajstić information content (AvgIpc) is 2.66. The van der Waals surface area contributed by atoms with E-state index in [0.29, 0.717) is 5.41 Å². The Morgan fingerprint density at radius 1 is 1.12 bits per heavy atom. The maximum Gasteiger partial charge on any atom is 0.00615 e. The molecule has 88 valence electrons. The number of hydrogen-bond acceptors (Lipinski definition) is 1. The van der Waals surface area contributed by atoms with Crippen LogP contribution in [0, 0.1) is 0 Å². The largest absolute Gasteiger partial charge is 0.316 e. The minimum absolute atomic E-state index is 0.257. The minimum atomic E-state index is 0.257. The Morgan fingerprint density at radius 2 is 1.75 bits per heavy atom. The summed E-state index contributed by atoms with van der Waals surface area (Å²) in [6.07, 6.45) is 1.25. The highest BCUT2D eigenvalue weighted by molar-refractivity contribution is 5.32. The van der Waals surface area contributed by atoms with Gasteiger partial charge in [-0.3, -0.25) is 0 Å². The summed E-state index contributed by atoms with van der Waals surface area (Å²) in [5, 5.41) is 3.46. The van der Waals surface area contributed by atoms with E-state index in [1.54, 1.807) is 0 Å². The monoisotopic (exact) mass is 217 g/mol. The molecule has 1 N–H and O–H groups in total. The van der Waals surface area contributed by atoms with Crippen molar-refractivity contribution in [2.24, 2.45) is 0 Å². The fourth-order valence-corrected chi connectivity index (χ4v) is 2.44. The van der Waals surface area contributed by atoms with E-state index in [9.17, 15) is 0 Å². The van der Waals surface area contributed by atoms with E-state index in [4.69, 9.17) is 0 Å². The molecule has 1 heteroatoms. The Hall–Kier alpha value is -0.820. The fraction of sp³-hybridized carbons (Fsp3) is 0.600. The van der Waals surface area contributed by atoms with Gasteiger partial charge >= 0.3 is 0 Å². The van der Waals surface area contributed by atoms with Crippen molar-refractivity contribution in [2.45, 2.75) is 44.9 Å². The first-order chi connectivity index (χ1) is 7.42. The molecule has 1 aliphatic rings. The third kappa shape index (κ3) is 2.15. The second-order valence-electron chi connectivity index (χ2n) is 6.31. The maximum absolute atomic E-state index is 3.46. The lowest BCUT2D eigenvalue weighted by Crippen LogP contribution is -2.25. The topological polar surface area (TPSA) is 12.0 Å². The molecule has 1 aromatic rings. The highest BCUT2D eigenvalue weighted by Crippen LogP contribution is 2.31. The molecule has 1 fully saturated rings. The van der Waals surface area contributed by atoms with Gasteiger partial charge in [0, 0.05) is 12.0 Å². The average molecular weight is 217 g/mol. The Morgan fingerprint density at radius 3 is 2.19 bits per heavy atom.